The Labute approximate surface area is 195 Å². The zero-order valence-electron chi connectivity index (χ0n) is 17.9. The molecule has 33 heavy (non-hydrogen) atoms. The molecule has 0 aliphatic carbocycles. The van der Waals surface area contributed by atoms with Crippen LogP contribution in [0.1, 0.15) is 39.1 Å². The quantitative estimate of drug-likeness (QED) is 0.414. The van der Waals surface area contributed by atoms with Gasteiger partial charge in [0.05, 0.1) is 0 Å². The molecule has 0 saturated heterocycles. The average Bonchev–Trinajstić information content (AvgIpc) is 2.81. The van der Waals surface area contributed by atoms with Gasteiger partial charge in [-0.15, -0.1) is 0 Å². The van der Waals surface area contributed by atoms with Crippen molar-refractivity contribution in [3.63, 3.8) is 0 Å². The zero-order valence-corrected chi connectivity index (χ0v) is 18.6. The number of benzene rings is 3. The topological polar surface area (TPSA) is 92.8 Å². The van der Waals surface area contributed by atoms with Gasteiger partial charge in [0.2, 0.25) is 0 Å². The number of esters is 1. The minimum atomic E-state index is -0.590. The summed E-state index contributed by atoms with van der Waals surface area (Å²) in [6.45, 7) is 1.40. The summed E-state index contributed by atoms with van der Waals surface area (Å²) in [6, 6.07) is 15.8. The summed E-state index contributed by atoms with van der Waals surface area (Å²) < 4.78 is 5.02. The Morgan fingerprint density at radius 1 is 0.970 bits per heavy atom. The number of hydrogen-bond donors (Lipinski definition) is 1. The van der Waals surface area contributed by atoms with E-state index in [2.05, 4.69) is 5.32 Å². The average molecular weight is 465 g/mol. The van der Waals surface area contributed by atoms with Crippen molar-refractivity contribution >= 4 is 51.8 Å². The molecule has 1 aliphatic heterocycles. The van der Waals surface area contributed by atoms with E-state index in [0.717, 1.165) is 10.3 Å². The van der Waals surface area contributed by atoms with E-state index in [1.54, 1.807) is 49.4 Å². The molecule has 8 heteroatoms. The van der Waals surface area contributed by atoms with Crippen LogP contribution in [0.25, 0.3) is 10.8 Å². The summed E-state index contributed by atoms with van der Waals surface area (Å²) in [6.07, 6.45) is 0.190. The van der Waals surface area contributed by atoms with Crippen LogP contribution in [0, 0.1) is 6.92 Å². The predicted molar refractivity (Wildman–Crippen MR) is 124 cm³/mol. The number of amides is 3. The monoisotopic (exact) mass is 464 g/mol. The molecule has 0 saturated carbocycles. The highest BCUT2D eigenvalue weighted by Gasteiger charge is 2.32. The van der Waals surface area contributed by atoms with Crippen molar-refractivity contribution in [2.24, 2.45) is 0 Å². The largest absolute Gasteiger partial charge is 0.456 e. The number of hydrogen-bond acceptors (Lipinski definition) is 5. The molecule has 168 valence electrons. The third-order valence-electron chi connectivity index (χ3n) is 5.52. The van der Waals surface area contributed by atoms with Crippen LogP contribution in [0.5, 0.6) is 0 Å². The molecule has 0 atom stereocenters. The van der Waals surface area contributed by atoms with Gasteiger partial charge in [0.1, 0.15) is 0 Å². The molecular weight excluding hydrogens is 444 g/mol. The number of nitrogens with one attached hydrogen (secondary N) is 1. The fourth-order valence-electron chi connectivity index (χ4n) is 3.81. The number of halogens is 1. The van der Waals surface area contributed by atoms with Crippen LogP contribution in [-0.2, 0) is 14.3 Å². The summed E-state index contributed by atoms with van der Waals surface area (Å²) in [7, 11) is 0. The van der Waals surface area contributed by atoms with Crippen molar-refractivity contribution in [2.45, 2.75) is 19.8 Å². The molecule has 1 aliphatic rings. The minimum Gasteiger partial charge on any atom is -0.456 e. The van der Waals surface area contributed by atoms with Gasteiger partial charge in [-0.1, -0.05) is 41.9 Å². The van der Waals surface area contributed by atoms with E-state index in [1.165, 1.54) is 0 Å². The van der Waals surface area contributed by atoms with E-state index in [4.69, 9.17) is 16.3 Å². The lowest BCUT2D eigenvalue weighted by atomic mass is 9.94. The molecular formula is C25H21ClN2O5. The van der Waals surface area contributed by atoms with Crippen molar-refractivity contribution in [3.8, 4) is 0 Å². The van der Waals surface area contributed by atoms with Crippen molar-refractivity contribution < 1.29 is 23.9 Å². The van der Waals surface area contributed by atoms with Crippen molar-refractivity contribution in [3.05, 3.63) is 76.3 Å². The molecule has 0 fully saturated rings. The summed E-state index contributed by atoms with van der Waals surface area (Å²) in [5, 5.41) is 4.66. The highest BCUT2D eigenvalue weighted by Crippen LogP contribution is 2.30. The van der Waals surface area contributed by atoms with Gasteiger partial charge >= 0.3 is 5.97 Å². The van der Waals surface area contributed by atoms with E-state index in [1.807, 2.05) is 12.1 Å². The smallest absolute Gasteiger partial charge is 0.306 e. The van der Waals surface area contributed by atoms with Gasteiger partial charge in [-0.2, -0.15) is 0 Å². The van der Waals surface area contributed by atoms with E-state index in [-0.39, 0.29) is 31.2 Å². The summed E-state index contributed by atoms with van der Waals surface area (Å²) in [4.78, 5) is 51.0. The first-order chi connectivity index (χ1) is 15.9. The molecule has 0 bridgehead atoms. The van der Waals surface area contributed by atoms with Crippen molar-refractivity contribution in [1.82, 2.24) is 4.90 Å². The molecule has 3 aromatic carbocycles. The van der Waals surface area contributed by atoms with Crippen LogP contribution in [0.3, 0.4) is 0 Å². The van der Waals surface area contributed by atoms with Gasteiger partial charge in [0.25, 0.3) is 17.7 Å². The fraction of sp³-hybridized carbons (Fsp3) is 0.200. The normalized spacial score (nSPS) is 12.7. The second-order valence-electron chi connectivity index (χ2n) is 7.70. The van der Waals surface area contributed by atoms with Crippen molar-refractivity contribution in [1.29, 1.82) is 0 Å². The highest BCUT2D eigenvalue weighted by atomic mass is 35.5. The number of carbonyl (C=O) groups excluding carboxylic acids is 4. The van der Waals surface area contributed by atoms with Gasteiger partial charge < -0.3 is 10.1 Å². The van der Waals surface area contributed by atoms with Crippen LogP contribution in [-0.4, -0.2) is 41.7 Å². The zero-order chi connectivity index (χ0) is 23.5. The minimum absolute atomic E-state index is 0.0353. The van der Waals surface area contributed by atoms with E-state index >= 15 is 0 Å². The van der Waals surface area contributed by atoms with Gasteiger partial charge in [-0.05, 0) is 48.6 Å². The lowest BCUT2D eigenvalue weighted by Gasteiger charge is -2.27. The molecule has 0 unspecified atom stereocenters. The first-order valence-corrected chi connectivity index (χ1v) is 10.8. The first kappa shape index (κ1) is 22.5. The number of ether oxygens (including phenoxy) is 1. The Morgan fingerprint density at radius 3 is 2.27 bits per heavy atom. The van der Waals surface area contributed by atoms with Gasteiger partial charge in [0, 0.05) is 40.2 Å². The second-order valence-corrected chi connectivity index (χ2v) is 8.10. The fourth-order valence-corrected chi connectivity index (χ4v) is 3.99. The number of carbonyl (C=O) groups is 4. The van der Waals surface area contributed by atoms with Crippen molar-refractivity contribution in [2.75, 3.05) is 18.5 Å². The number of anilines is 1. The molecule has 0 spiro atoms. The maximum atomic E-state index is 12.9. The summed E-state index contributed by atoms with van der Waals surface area (Å²) >= 11 is 6.03. The van der Waals surface area contributed by atoms with Gasteiger partial charge in [-0.25, -0.2) is 0 Å². The second kappa shape index (κ2) is 9.42. The number of imide groups is 1. The van der Waals surface area contributed by atoms with Crippen LogP contribution < -0.4 is 5.32 Å². The lowest BCUT2D eigenvalue weighted by Crippen LogP contribution is -2.41. The highest BCUT2D eigenvalue weighted by molar-refractivity contribution is 6.31. The predicted octanol–water partition coefficient (Wildman–Crippen LogP) is 4.36. The van der Waals surface area contributed by atoms with Gasteiger partial charge in [0.15, 0.2) is 6.61 Å². The van der Waals surface area contributed by atoms with E-state index in [9.17, 15) is 19.2 Å². The van der Waals surface area contributed by atoms with E-state index < -0.39 is 18.5 Å². The summed E-state index contributed by atoms with van der Waals surface area (Å²) in [5.74, 6) is -1.84. The first-order valence-electron chi connectivity index (χ1n) is 10.5. The maximum Gasteiger partial charge on any atom is 0.306 e. The lowest BCUT2D eigenvalue weighted by molar-refractivity contribution is -0.147. The molecule has 4 rings (SSSR count). The standard InChI is InChI=1S/C25H21ClN2O5/c1-15-19(26)10-4-11-20(15)27-21(29)14-33-22(30)12-5-13-28-24(31)17-8-2-6-16-7-3-9-18(23(16)17)25(28)32/h2-4,6-11H,5,12-14H2,1H3,(H,27,29). The Morgan fingerprint density at radius 2 is 1.61 bits per heavy atom. The molecule has 3 amide bonds. The third kappa shape index (κ3) is 4.59. The van der Waals surface area contributed by atoms with Crippen LogP contribution in [0.2, 0.25) is 5.02 Å². The Bertz CT molecular complexity index is 1240. The van der Waals surface area contributed by atoms with Crippen LogP contribution >= 0.6 is 11.6 Å². The van der Waals surface area contributed by atoms with E-state index in [0.29, 0.717) is 32.8 Å². The third-order valence-corrected chi connectivity index (χ3v) is 5.93. The Kier molecular flexibility index (Phi) is 6.42. The SMILES string of the molecule is Cc1c(Cl)cccc1NC(=O)COC(=O)CCCN1C(=O)c2cccc3cccc(c23)C1=O. The summed E-state index contributed by atoms with van der Waals surface area (Å²) in [5.41, 5.74) is 2.20. The number of nitrogens with zero attached hydrogens (tertiary/aromatic N) is 1. The van der Waals surface area contributed by atoms with Gasteiger partial charge in [-0.3, -0.25) is 24.1 Å². The molecule has 3 aromatic rings. The molecule has 7 nitrogen and oxygen atoms in total. The molecule has 0 radical (unpaired) electrons. The molecule has 0 aromatic heterocycles. The van der Waals surface area contributed by atoms with Crippen LogP contribution in [0.15, 0.2) is 54.6 Å². The van der Waals surface area contributed by atoms with Crippen LogP contribution in [0.4, 0.5) is 5.69 Å². The molecule has 1 N–H and O–H groups in total. The molecule has 1 heterocycles. The number of rotatable bonds is 7. The maximum absolute atomic E-state index is 12.9. The Hall–Kier alpha value is -3.71. The Balaban J connectivity index is 1.29.